The molecular weight excluding hydrogens is 418 g/mol. The Morgan fingerprint density at radius 3 is 2.72 bits per heavy atom. The van der Waals surface area contributed by atoms with E-state index in [1.165, 1.54) is 23.9 Å². The van der Waals surface area contributed by atoms with E-state index in [0.717, 1.165) is 50.7 Å². The molecule has 0 bridgehead atoms. The van der Waals surface area contributed by atoms with Gasteiger partial charge in [0.05, 0.1) is 10.9 Å². The van der Waals surface area contributed by atoms with E-state index in [0.29, 0.717) is 11.3 Å². The Balaban J connectivity index is 1.61. The molecule has 5 rings (SSSR count). The van der Waals surface area contributed by atoms with E-state index in [-0.39, 0.29) is 17.1 Å². The number of nitrogens with one attached hydrogen (secondary N) is 1. The summed E-state index contributed by atoms with van der Waals surface area (Å²) in [5.74, 6) is -2.70. The second kappa shape index (κ2) is 7.16. The lowest BCUT2D eigenvalue weighted by Crippen LogP contribution is -2.55. The molecule has 168 valence electrons. The molecule has 1 spiro atoms. The van der Waals surface area contributed by atoms with Gasteiger partial charge in [-0.1, -0.05) is 0 Å². The smallest absolute Gasteiger partial charge is 0.303 e. The number of carbonyl (C=O) groups is 1. The first-order valence-corrected chi connectivity index (χ1v) is 10.5. The van der Waals surface area contributed by atoms with Crippen LogP contribution in [0.5, 0.6) is 0 Å². The average molecular weight is 442 g/mol. The molecule has 2 saturated heterocycles. The van der Waals surface area contributed by atoms with Gasteiger partial charge in [-0.2, -0.15) is 8.78 Å². The minimum atomic E-state index is -3.18. The van der Waals surface area contributed by atoms with Crippen LogP contribution in [0.2, 0.25) is 0 Å². The third kappa shape index (κ3) is 3.56. The van der Waals surface area contributed by atoms with Gasteiger partial charge in [0.25, 0.3) is 0 Å². The van der Waals surface area contributed by atoms with Crippen LogP contribution in [0, 0.1) is 5.41 Å². The first-order chi connectivity index (χ1) is 15.1. The monoisotopic (exact) mass is 442 g/mol. The van der Waals surface area contributed by atoms with Crippen molar-refractivity contribution in [3.05, 3.63) is 30.4 Å². The van der Waals surface area contributed by atoms with Crippen molar-refractivity contribution in [3.8, 4) is 5.82 Å². The van der Waals surface area contributed by atoms with Gasteiger partial charge in [0, 0.05) is 70.0 Å². The van der Waals surface area contributed by atoms with Crippen LogP contribution in [-0.4, -0.2) is 68.8 Å². The van der Waals surface area contributed by atoms with Crippen LogP contribution in [0.3, 0.4) is 0 Å². The summed E-state index contributed by atoms with van der Waals surface area (Å²) < 4.78 is 29.2. The maximum Gasteiger partial charge on any atom is 0.303 e. The number of alkyl halides is 2. The maximum atomic E-state index is 13.9. The van der Waals surface area contributed by atoms with Crippen molar-refractivity contribution < 1.29 is 13.6 Å². The van der Waals surface area contributed by atoms with Crippen LogP contribution in [0.25, 0.3) is 16.7 Å². The van der Waals surface area contributed by atoms with Crippen LogP contribution < -0.4 is 10.2 Å². The topological polar surface area (TPSA) is 92.1 Å². The van der Waals surface area contributed by atoms with Gasteiger partial charge >= 0.3 is 5.92 Å². The highest BCUT2D eigenvalue weighted by Crippen LogP contribution is 2.42. The number of anilines is 2. The molecule has 1 amide bonds. The number of halogens is 2. The molecule has 3 aromatic rings. The van der Waals surface area contributed by atoms with Crippen molar-refractivity contribution >= 4 is 28.4 Å². The Kier molecular flexibility index (Phi) is 4.63. The summed E-state index contributed by atoms with van der Waals surface area (Å²) in [4.78, 5) is 28.2. The quantitative estimate of drug-likeness (QED) is 0.663. The molecule has 2 fully saturated rings. The largest absolute Gasteiger partial charge is 0.354 e. The SMILES string of the molecule is CC(=O)Nc1cc2c(cn1)c(N1CCC3(CN(C)C3)C1)nn2-c1ccnc(C(C)(F)F)n1. The summed E-state index contributed by atoms with van der Waals surface area (Å²) in [6.45, 7) is 5.99. The number of pyridine rings is 1. The third-order valence-electron chi connectivity index (χ3n) is 6.05. The second-order valence-electron chi connectivity index (χ2n) is 8.97. The Morgan fingerprint density at radius 1 is 1.25 bits per heavy atom. The standard InChI is InChI=1S/C21H24F2N8O/c1-13(32)26-16-8-15-14(9-25-16)18(30-7-5-21(12-30)10-29(3)11-21)28-31(15)17-4-6-24-19(27-17)20(2,22)23/h4,6,8-9H,5,7,10-12H2,1-3H3,(H,25,26,32). The number of likely N-dealkylation sites (tertiary alicyclic amines) is 1. The predicted octanol–water partition coefficient (Wildman–Crippen LogP) is 2.42. The van der Waals surface area contributed by atoms with E-state index in [4.69, 9.17) is 5.10 Å². The van der Waals surface area contributed by atoms with Crippen LogP contribution in [0.15, 0.2) is 24.5 Å². The Hall–Kier alpha value is -3.21. The second-order valence-corrected chi connectivity index (χ2v) is 8.97. The lowest BCUT2D eigenvalue weighted by Gasteiger charge is -2.46. The first kappa shape index (κ1) is 20.7. The highest BCUT2D eigenvalue weighted by atomic mass is 19.3. The Labute approximate surface area is 183 Å². The van der Waals surface area contributed by atoms with E-state index in [1.807, 2.05) is 0 Å². The third-order valence-corrected chi connectivity index (χ3v) is 6.05. The van der Waals surface area contributed by atoms with Gasteiger partial charge in [0.2, 0.25) is 11.7 Å². The van der Waals surface area contributed by atoms with Crippen LogP contribution >= 0.6 is 0 Å². The minimum Gasteiger partial charge on any atom is -0.354 e. The Bertz CT molecular complexity index is 1200. The van der Waals surface area contributed by atoms with E-state index < -0.39 is 11.7 Å². The zero-order valence-electron chi connectivity index (χ0n) is 18.1. The van der Waals surface area contributed by atoms with Gasteiger partial charge in [-0.05, 0) is 13.5 Å². The first-order valence-electron chi connectivity index (χ1n) is 10.5. The normalized spacial score (nSPS) is 18.3. The van der Waals surface area contributed by atoms with Gasteiger partial charge in [-0.25, -0.2) is 19.6 Å². The van der Waals surface area contributed by atoms with Crippen molar-refractivity contribution in [1.29, 1.82) is 0 Å². The number of aromatic nitrogens is 5. The zero-order valence-corrected chi connectivity index (χ0v) is 18.1. The molecule has 3 aromatic heterocycles. The molecule has 1 N–H and O–H groups in total. The van der Waals surface area contributed by atoms with Crippen molar-refractivity contribution in [2.24, 2.45) is 5.41 Å². The molecule has 0 radical (unpaired) electrons. The van der Waals surface area contributed by atoms with E-state index in [1.54, 1.807) is 12.3 Å². The number of nitrogens with zero attached hydrogens (tertiary/aromatic N) is 7. The average Bonchev–Trinajstić information content (AvgIpc) is 3.29. The molecule has 2 aliphatic rings. The molecule has 5 heterocycles. The number of rotatable bonds is 4. The minimum absolute atomic E-state index is 0.227. The number of hydrogen-bond acceptors (Lipinski definition) is 7. The zero-order chi connectivity index (χ0) is 22.7. The molecule has 0 atom stereocenters. The number of amides is 1. The molecule has 0 unspecified atom stereocenters. The summed E-state index contributed by atoms with van der Waals surface area (Å²) >= 11 is 0. The number of fused-ring (bicyclic) bond motifs is 1. The van der Waals surface area contributed by atoms with Crippen molar-refractivity contribution in [1.82, 2.24) is 29.6 Å². The van der Waals surface area contributed by atoms with Gasteiger partial charge < -0.3 is 15.1 Å². The van der Waals surface area contributed by atoms with Gasteiger partial charge in [0.1, 0.15) is 5.82 Å². The summed E-state index contributed by atoms with van der Waals surface area (Å²) in [5, 5.41) is 8.20. The van der Waals surface area contributed by atoms with Crippen molar-refractivity contribution in [3.63, 3.8) is 0 Å². The van der Waals surface area contributed by atoms with Gasteiger partial charge in [0.15, 0.2) is 11.6 Å². The predicted molar refractivity (Wildman–Crippen MR) is 115 cm³/mol. The summed E-state index contributed by atoms with van der Waals surface area (Å²) in [7, 11) is 2.11. The molecule has 32 heavy (non-hydrogen) atoms. The lowest BCUT2D eigenvalue weighted by molar-refractivity contribution is -0.114. The van der Waals surface area contributed by atoms with Crippen LogP contribution in [-0.2, 0) is 10.7 Å². The fourth-order valence-corrected chi connectivity index (χ4v) is 4.80. The van der Waals surface area contributed by atoms with E-state index in [2.05, 4.69) is 37.1 Å². The molecular formula is C21H24F2N8O. The van der Waals surface area contributed by atoms with Crippen molar-refractivity contribution in [2.75, 3.05) is 43.4 Å². The molecule has 0 aliphatic carbocycles. The molecule has 0 aromatic carbocycles. The maximum absolute atomic E-state index is 13.9. The Morgan fingerprint density at radius 2 is 2.03 bits per heavy atom. The molecule has 2 aliphatic heterocycles. The lowest BCUT2D eigenvalue weighted by atomic mass is 9.79. The number of hydrogen-bond donors (Lipinski definition) is 1. The van der Waals surface area contributed by atoms with Gasteiger partial charge in [-0.3, -0.25) is 4.79 Å². The number of carbonyl (C=O) groups excluding carboxylic acids is 1. The summed E-state index contributed by atoms with van der Waals surface area (Å²) in [5.41, 5.74) is 0.885. The van der Waals surface area contributed by atoms with Crippen molar-refractivity contribution in [2.45, 2.75) is 26.2 Å². The highest BCUT2D eigenvalue weighted by Gasteiger charge is 2.46. The van der Waals surface area contributed by atoms with E-state index >= 15 is 0 Å². The molecule has 0 saturated carbocycles. The molecule has 9 nitrogen and oxygen atoms in total. The fourth-order valence-electron chi connectivity index (χ4n) is 4.80. The highest BCUT2D eigenvalue weighted by molar-refractivity contribution is 5.95. The fraction of sp³-hybridized carbons (Fsp3) is 0.476. The van der Waals surface area contributed by atoms with Gasteiger partial charge in [-0.15, -0.1) is 5.10 Å². The van der Waals surface area contributed by atoms with E-state index in [9.17, 15) is 13.6 Å². The van der Waals surface area contributed by atoms with Crippen LogP contribution in [0.4, 0.5) is 20.4 Å². The molecule has 11 heteroatoms. The summed E-state index contributed by atoms with van der Waals surface area (Å²) in [6.07, 6.45) is 4.03. The van der Waals surface area contributed by atoms with Crippen LogP contribution in [0.1, 0.15) is 26.1 Å². The summed E-state index contributed by atoms with van der Waals surface area (Å²) in [6, 6.07) is 3.22.